The molecule has 0 saturated carbocycles. The Hall–Kier alpha value is -2.86. The zero-order valence-electron chi connectivity index (χ0n) is 17.2. The largest absolute Gasteiger partial charge is 0.465 e. The fourth-order valence-corrected chi connectivity index (χ4v) is 4.63. The van der Waals surface area contributed by atoms with E-state index in [9.17, 15) is 18.0 Å². The second kappa shape index (κ2) is 11.5. The number of guanidine groups is 1. The molecule has 1 heterocycles. The third-order valence-corrected chi connectivity index (χ3v) is 6.42. The SMILES string of the molecule is N=C(N)NCCCS(=O)(=O)NC[C@H]1CCCN1C(=O)[C@H](Cc1ccccc1)NC(=O)O. The highest BCUT2D eigenvalue weighted by Crippen LogP contribution is 2.19. The van der Waals surface area contributed by atoms with Crippen LogP contribution in [0.15, 0.2) is 30.3 Å². The number of carbonyl (C=O) groups excluding carboxylic acids is 1. The van der Waals surface area contributed by atoms with Gasteiger partial charge in [0.05, 0.1) is 5.75 Å². The molecule has 2 amide bonds. The lowest BCUT2D eigenvalue weighted by molar-refractivity contribution is -0.134. The molecule has 1 aromatic rings. The highest BCUT2D eigenvalue weighted by molar-refractivity contribution is 7.89. The lowest BCUT2D eigenvalue weighted by atomic mass is 10.0. The topological polar surface area (TPSA) is 178 Å². The van der Waals surface area contributed by atoms with E-state index in [-0.39, 0.29) is 49.6 Å². The van der Waals surface area contributed by atoms with Crippen molar-refractivity contribution in [2.75, 3.05) is 25.4 Å². The van der Waals surface area contributed by atoms with Gasteiger partial charge in [-0.05, 0) is 24.8 Å². The van der Waals surface area contributed by atoms with Gasteiger partial charge in [-0.15, -0.1) is 0 Å². The molecule has 1 fully saturated rings. The molecule has 1 aliphatic heterocycles. The van der Waals surface area contributed by atoms with Gasteiger partial charge in [0.2, 0.25) is 15.9 Å². The van der Waals surface area contributed by atoms with Crippen LogP contribution in [0, 0.1) is 5.41 Å². The number of carboxylic acid groups (broad SMARTS) is 1. The van der Waals surface area contributed by atoms with Gasteiger partial charge in [-0.1, -0.05) is 30.3 Å². The Balaban J connectivity index is 1.95. The van der Waals surface area contributed by atoms with Gasteiger partial charge in [0, 0.05) is 32.1 Å². The third kappa shape index (κ3) is 8.42. The number of nitrogens with zero attached hydrogens (tertiary/aromatic N) is 1. The van der Waals surface area contributed by atoms with Crippen molar-refractivity contribution in [1.29, 1.82) is 5.41 Å². The van der Waals surface area contributed by atoms with Crippen molar-refractivity contribution in [1.82, 2.24) is 20.3 Å². The van der Waals surface area contributed by atoms with E-state index in [1.807, 2.05) is 30.3 Å². The summed E-state index contributed by atoms with van der Waals surface area (Å²) in [6.07, 6.45) is 0.551. The molecule has 1 saturated heterocycles. The molecule has 2 rings (SSSR count). The average molecular weight is 455 g/mol. The molecule has 1 aromatic carbocycles. The number of likely N-dealkylation sites (tertiary alicyclic amines) is 1. The first-order valence-electron chi connectivity index (χ1n) is 10.1. The Morgan fingerprint density at radius 2 is 2.00 bits per heavy atom. The number of rotatable bonds is 11. The van der Waals surface area contributed by atoms with Crippen molar-refractivity contribution >= 4 is 28.0 Å². The summed E-state index contributed by atoms with van der Waals surface area (Å²) in [6.45, 7) is 0.784. The van der Waals surface area contributed by atoms with E-state index < -0.39 is 22.2 Å². The Labute approximate surface area is 181 Å². The summed E-state index contributed by atoms with van der Waals surface area (Å²) in [6, 6.07) is 7.82. The van der Waals surface area contributed by atoms with Crippen LogP contribution in [-0.2, 0) is 21.2 Å². The van der Waals surface area contributed by atoms with Gasteiger partial charge in [-0.2, -0.15) is 0 Å². The predicted octanol–water partition coefficient (Wildman–Crippen LogP) is -0.351. The van der Waals surface area contributed by atoms with Crippen molar-refractivity contribution in [3.8, 4) is 0 Å². The van der Waals surface area contributed by atoms with Crippen LogP contribution in [0.3, 0.4) is 0 Å². The summed E-state index contributed by atoms with van der Waals surface area (Å²) in [5.74, 6) is -0.713. The lowest BCUT2D eigenvalue weighted by Crippen LogP contribution is -2.52. The second-order valence-electron chi connectivity index (χ2n) is 7.38. The highest BCUT2D eigenvalue weighted by Gasteiger charge is 2.34. The summed E-state index contributed by atoms with van der Waals surface area (Å²) in [4.78, 5) is 25.9. The van der Waals surface area contributed by atoms with Gasteiger partial charge < -0.3 is 26.4 Å². The molecule has 0 aliphatic carbocycles. The summed E-state index contributed by atoms with van der Waals surface area (Å²) >= 11 is 0. The van der Waals surface area contributed by atoms with Crippen LogP contribution in [0.4, 0.5) is 4.79 Å². The third-order valence-electron chi connectivity index (χ3n) is 4.98. The van der Waals surface area contributed by atoms with E-state index in [0.717, 1.165) is 5.56 Å². The van der Waals surface area contributed by atoms with Gasteiger partial charge >= 0.3 is 6.09 Å². The molecule has 0 spiro atoms. The van der Waals surface area contributed by atoms with Crippen LogP contribution in [0.1, 0.15) is 24.8 Å². The quantitative estimate of drug-likeness (QED) is 0.150. The maximum absolute atomic E-state index is 13.1. The van der Waals surface area contributed by atoms with Gasteiger partial charge in [0.1, 0.15) is 6.04 Å². The zero-order chi connectivity index (χ0) is 22.9. The zero-order valence-corrected chi connectivity index (χ0v) is 18.0. The van der Waals surface area contributed by atoms with Crippen molar-refractivity contribution in [3.05, 3.63) is 35.9 Å². The number of hydrogen-bond donors (Lipinski definition) is 6. The van der Waals surface area contributed by atoms with Crippen molar-refractivity contribution in [2.24, 2.45) is 5.73 Å². The van der Waals surface area contributed by atoms with Crippen LogP contribution in [-0.4, -0.2) is 73.9 Å². The number of nitrogens with one attached hydrogen (secondary N) is 4. The molecule has 31 heavy (non-hydrogen) atoms. The number of amides is 2. The minimum atomic E-state index is -3.55. The molecule has 11 nitrogen and oxygen atoms in total. The van der Waals surface area contributed by atoms with E-state index in [2.05, 4.69) is 15.4 Å². The van der Waals surface area contributed by atoms with E-state index in [0.29, 0.717) is 19.4 Å². The van der Waals surface area contributed by atoms with Crippen LogP contribution in [0.25, 0.3) is 0 Å². The first-order chi connectivity index (χ1) is 14.7. The van der Waals surface area contributed by atoms with Crippen molar-refractivity contribution in [3.63, 3.8) is 0 Å². The Morgan fingerprint density at radius 3 is 2.65 bits per heavy atom. The number of sulfonamides is 1. The van der Waals surface area contributed by atoms with E-state index in [1.165, 1.54) is 0 Å². The first-order valence-corrected chi connectivity index (χ1v) is 11.7. The average Bonchev–Trinajstić information content (AvgIpc) is 3.18. The van der Waals surface area contributed by atoms with Crippen LogP contribution >= 0.6 is 0 Å². The maximum atomic E-state index is 13.1. The van der Waals surface area contributed by atoms with Gasteiger partial charge in [0.25, 0.3) is 0 Å². The van der Waals surface area contributed by atoms with Gasteiger partial charge in [-0.25, -0.2) is 17.9 Å². The summed E-state index contributed by atoms with van der Waals surface area (Å²) in [5.41, 5.74) is 5.98. The van der Waals surface area contributed by atoms with Crippen LogP contribution < -0.4 is 21.1 Å². The second-order valence-corrected chi connectivity index (χ2v) is 9.31. The first kappa shape index (κ1) is 24.4. The summed E-state index contributed by atoms with van der Waals surface area (Å²) < 4.78 is 27.0. The molecule has 0 bridgehead atoms. The fraction of sp³-hybridized carbons (Fsp3) is 0.526. The van der Waals surface area contributed by atoms with E-state index in [4.69, 9.17) is 16.2 Å². The minimum absolute atomic E-state index is 0.0688. The molecule has 0 unspecified atom stereocenters. The maximum Gasteiger partial charge on any atom is 0.405 e. The number of hydrogen-bond acceptors (Lipinski definition) is 5. The smallest absolute Gasteiger partial charge is 0.405 e. The normalized spacial score (nSPS) is 17.2. The van der Waals surface area contributed by atoms with E-state index >= 15 is 0 Å². The van der Waals surface area contributed by atoms with Crippen LogP contribution in [0.2, 0.25) is 0 Å². The Bertz CT molecular complexity index is 864. The van der Waals surface area contributed by atoms with E-state index in [1.54, 1.807) is 4.90 Å². The molecule has 172 valence electrons. The Morgan fingerprint density at radius 1 is 1.29 bits per heavy atom. The van der Waals surface area contributed by atoms with Gasteiger partial charge in [-0.3, -0.25) is 10.2 Å². The minimum Gasteiger partial charge on any atom is -0.465 e. The lowest BCUT2D eigenvalue weighted by Gasteiger charge is -2.29. The summed E-state index contributed by atoms with van der Waals surface area (Å²) in [7, 11) is -3.55. The molecular weight excluding hydrogens is 424 g/mol. The molecule has 0 aromatic heterocycles. The predicted molar refractivity (Wildman–Crippen MR) is 116 cm³/mol. The van der Waals surface area contributed by atoms with Gasteiger partial charge in [0.15, 0.2) is 5.96 Å². The molecule has 0 radical (unpaired) electrons. The molecular formula is C19H30N6O5S. The standard InChI is InChI=1S/C19H30N6O5S/c20-18(21)22-9-5-11-31(29,30)23-13-15-8-4-10-25(15)17(26)16(24-19(27)28)12-14-6-2-1-3-7-14/h1-3,6-7,15-16,23-24H,4-5,8-13H2,(H,27,28)(H4,20,21,22)/t15-,16+/m1/s1. The fourth-order valence-electron chi connectivity index (χ4n) is 3.52. The highest BCUT2D eigenvalue weighted by atomic mass is 32.2. The number of carbonyl (C=O) groups is 2. The monoisotopic (exact) mass is 454 g/mol. The molecule has 7 N–H and O–H groups in total. The van der Waals surface area contributed by atoms with Crippen molar-refractivity contribution in [2.45, 2.75) is 37.8 Å². The molecule has 2 atom stereocenters. The molecule has 12 heteroatoms. The molecule has 1 aliphatic rings. The summed E-state index contributed by atoms with van der Waals surface area (Å²) in [5, 5.41) is 21.1. The van der Waals surface area contributed by atoms with Crippen molar-refractivity contribution < 1.29 is 23.1 Å². The number of benzene rings is 1. The number of nitrogens with two attached hydrogens (primary N) is 1. The van der Waals surface area contributed by atoms with Crippen LogP contribution in [0.5, 0.6) is 0 Å². The Kier molecular flexibility index (Phi) is 9.06.